The smallest absolute Gasteiger partial charge is 0.276 e. The summed E-state index contributed by atoms with van der Waals surface area (Å²) in [7, 11) is 0. The third-order valence-corrected chi connectivity index (χ3v) is 3.49. The fourth-order valence-corrected chi connectivity index (χ4v) is 2.30. The SMILES string of the molecule is CC(C)C(=O)N1CCN(C(=O)c2cn(CCN)nn2)CC1. The Balaban J connectivity index is 1.92. The van der Waals surface area contributed by atoms with Crippen molar-refractivity contribution in [2.75, 3.05) is 32.7 Å². The molecule has 0 spiro atoms. The molecule has 2 heterocycles. The summed E-state index contributed by atoms with van der Waals surface area (Å²) in [6, 6.07) is 0. The Labute approximate surface area is 123 Å². The summed E-state index contributed by atoms with van der Waals surface area (Å²) in [4.78, 5) is 27.7. The second kappa shape index (κ2) is 6.66. The summed E-state index contributed by atoms with van der Waals surface area (Å²) >= 11 is 0. The topological polar surface area (TPSA) is 97.4 Å². The zero-order chi connectivity index (χ0) is 15.4. The van der Waals surface area contributed by atoms with Gasteiger partial charge in [0.1, 0.15) is 0 Å². The van der Waals surface area contributed by atoms with Gasteiger partial charge in [0.25, 0.3) is 5.91 Å². The first-order chi connectivity index (χ1) is 10.0. The van der Waals surface area contributed by atoms with Gasteiger partial charge in [-0.2, -0.15) is 0 Å². The second-order valence-corrected chi connectivity index (χ2v) is 5.43. The molecule has 21 heavy (non-hydrogen) atoms. The molecule has 1 aliphatic rings. The Hall–Kier alpha value is -1.96. The number of carbonyl (C=O) groups excluding carboxylic acids is 2. The fourth-order valence-electron chi connectivity index (χ4n) is 2.30. The van der Waals surface area contributed by atoms with Crippen LogP contribution in [0, 0.1) is 5.92 Å². The molecule has 1 aliphatic heterocycles. The number of aromatic nitrogens is 3. The summed E-state index contributed by atoms with van der Waals surface area (Å²) in [5, 5.41) is 7.74. The van der Waals surface area contributed by atoms with Crippen LogP contribution >= 0.6 is 0 Å². The van der Waals surface area contributed by atoms with E-state index in [2.05, 4.69) is 10.3 Å². The van der Waals surface area contributed by atoms with Crippen molar-refractivity contribution >= 4 is 11.8 Å². The van der Waals surface area contributed by atoms with E-state index >= 15 is 0 Å². The molecular weight excluding hydrogens is 272 g/mol. The number of amides is 2. The zero-order valence-corrected chi connectivity index (χ0v) is 12.5. The Kier molecular flexibility index (Phi) is 4.89. The lowest BCUT2D eigenvalue weighted by atomic mass is 10.1. The van der Waals surface area contributed by atoms with Crippen LogP contribution in [0.5, 0.6) is 0 Å². The molecule has 0 aliphatic carbocycles. The maximum Gasteiger partial charge on any atom is 0.276 e. The number of carbonyl (C=O) groups is 2. The summed E-state index contributed by atoms with van der Waals surface area (Å²) in [6.45, 7) is 6.95. The quantitative estimate of drug-likeness (QED) is 0.782. The highest BCUT2D eigenvalue weighted by Gasteiger charge is 2.27. The molecule has 1 aromatic rings. The van der Waals surface area contributed by atoms with Crippen LogP contribution < -0.4 is 5.73 Å². The molecule has 2 N–H and O–H groups in total. The normalized spacial score (nSPS) is 15.6. The van der Waals surface area contributed by atoms with Crippen LogP contribution in [-0.2, 0) is 11.3 Å². The van der Waals surface area contributed by atoms with Crippen LogP contribution in [0.25, 0.3) is 0 Å². The van der Waals surface area contributed by atoms with Gasteiger partial charge < -0.3 is 15.5 Å². The molecule has 1 saturated heterocycles. The van der Waals surface area contributed by atoms with E-state index in [1.165, 1.54) is 0 Å². The number of hydrogen-bond donors (Lipinski definition) is 1. The standard InChI is InChI=1S/C13H22N6O2/c1-10(2)12(20)17-5-7-18(8-6-17)13(21)11-9-19(4-3-14)16-15-11/h9-10H,3-8,14H2,1-2H3. The first kappa shape index (κ1) is 15.4. The summed E-state index contributed by atoms with van der Waals surface area (Å²) in [5.41, 5.74) is 5.76. The number of hydrogen-bond acceptors (Lipinski definition) is 5. The molecule has 8 nitrogen and oxygen atoms in total. The molecule has 0 saturated carbocycles. The van der Waals surface area contributed by atoms with Gasteiger partial charge in [-0.25, -0.2) is 0 Å². The lowest BCUT2D eigenvalue weighted by Gasteiger charge is -2.35. The number of rotatable bonds is 4. The fraction of sp³-hybridized carbons (Fsp3) is 0.692. The largest absolute Gasteiger partial charge is 0.339 e. The number of piperazine rings is 1. The molecule has 1 aromatic heterocycles. The van der Waals surface area contributed by atoms with Crippen molar-refractivity contribution in [3.05, 3.63) is 11.9 Å². The molecule has 8 heteroatoms. The highest BCUT2D eigenvalue weighted by molar-refractivity contribution is 5.92. The lowest BCUT2D eigenvalue weighted by Crippen LogP contribution is -2.51. The van der Waals surface area contributed by atoms with Crippen molar-refractivity contribution in [3.8, 4) is 0 Å². The predicted molar refractivity (Wildman–Crippen MR) is 76.4 cm³/mol. The van der Waals surface area contributed by atoms with E-state index in [1.54, 1.807) is 20.7 Å². The molecule has 1 fully saturated rings. The Morgan fingerprint density at radius 2 is 1.86 bits per heavy atom. The first-order valence-electron chi connectivity index (χ1n) is 7.21. The van der Waals surface area contributed by atoms with Crippen molar-refractivity contribution < 1.29 is 9.59 Å². The van der Waals surface area contributed by atoms with E-state index in [0.717, 1.165) is 0 Å². The summed E-state index contributed by atoms with van der Waals surface area (Å²) in [6.07, 6.45) is 1.61. The van der Waals surface area contributed by atoms with E-state index in [9.17, 15) is 9.59 Å². The molecule has 0 atom stereocenters. The van der Waals surface area contributed by atoms with Gasteiger partial charge in [0.2, 0.25) is 5.91 Å². The first-order valence-corrected chi connectivity index (χ1v) is 7.21. The third-order valence-electron chi connectivity index (χ3n) is 3.49. The minimum atomic E-state index is -0.144. The van der Waals surface area contributed by atoms with E-state index < -0.39 is 0 Å². The van der Waals surface area contributed by atoms with E-state index in [0.29, 0.717) is 45.0 Å². The molecule has 0 aromatic carbocycles. The second-order valence-electron chi connectivity index (χ2n) is 5.43. The molecule has 0 radical (unpaired) electrons. The van der Waals surface area contributed by atoms with E-state index in [-0.39, 0.29) is 17.7 Å². The van der Waals surface area contributed by atoms with Crippen LogP contribution in [0.4, 0.5) is 0 Å². The summed E-state index contributed by atoms with van der Waals surface area (Å²) < 4.78 is 1.56. The maximum absolute atomic E-state index is 12.3. The van der Waals surface area contributed by atoms with Gasteiger partial charge in [-0.05, 0) is 0 Å². The minimum Gasteiger partial charge on any atom is -0.339 e. The molecule has 2 rings (SSSR count). The van der Waals surface area contributed by atoms with Gasteiger partial charge in [0.15, 0.2) is 5.69 Å². The third kappa shape index (κ3) is 3.57. The zero-order valence-electron chi connectivity index (χ0n) is 12.5. The number of nitrogens with two attached hydrogens (primary N) is 1. The predicted octanol–water partition coefficient (Wildman–Crippen LogP) is -0.823. The average molecular weight is 294 g/mol. The van der Waals surface area contributed by atoms with Crippen molar-refractivity contribution in [1.82, 2.24) is 24.8 Å². The van der Waals surface area contributed by atoms with Gasteiger partial charge in [-0.1, -0.05) is 19.1 Å². The van der Waals surface area contributed by atoms with Crippen molar-refractivity contribution in [2.24, 2.45) is 11.7 Å². The van der Waals surface area contributed by atoms with Crippen LogP contribution in [-0.4, -0.2) is 69.3 Å². The molecule has 0 unspecified atom stereocenters. The molecular formula is C13H22N6O2. The lowest BCUT2D eigenvalue weighted by molar-refractivity contribution is -0.135. The monoisotopic (exact) mass is 294 g/mol. The van der Waals surface area contributed by atoms with Crippen molar-refractivity contribution in [2.45, 2.75) is 20.4 Å². The van der Waals surface area contributed by atoms with Gasteiger partial charge >= 0.3 is 0 Å². The Morgan fingerprint density at radius 3 is 2.43 bits per heavy atom. The van der Waals surface area contributed by atoms with E-state index in [1.807, 2.05) is 13.8 Å². The van der Waals surface area contributed by atoms with Crippen molar-refractivity contribution in [1.29, 1.82) is 0 Å². The molecule has 0 bridgehead atoms. The van der Waals surface area contributed by atoms with E-state index in [4.69, 9.17) is 5.73 Å². The molecule has 116 valence electrons. The van der Waals surface area contributed by atoms with Crippen LogP contribution in [0.1, 0.15) is 24.3 Å². The minimum absolute atomic E-state index is 0.0107. The van der Waals surface area contributed by atoms with Gasteiger partial charge in [-0.3, -0.25) is 14.3 Å². The highest BCUT2D eigenvalue weighted by Crippen LogP contribution is 2.09. The van der Waals surface area contributed by atoms with Gasteiger partial charge in [0.05, 0.1) is 12.7 Å². The van der Waals surface area contributed by atoms with Crippen LogP contribution in [0.3, 0.4) is 0 Å². The highest BCUT2D eigenvalue weighted by atomic mass is 16.2. The molecule has 2 amide bonds. The van der Waals surface area contributed by atoms with Gasteiger partial charge in [-0.15, -0.1) is 5.10 Å². The van der Waals surface area contributed by atoms with Crippen molar-refractivity contribution in [3.63, 3.8) is 0 Å². The van der Waals surface area contributed by atoms with Crippen LogP contribution in [0.2, 0.25) is 0 Å². The van der Waals surface area contributed by atoms with Gasteiger partial charge in [0, 0.05) is 38.6 Å². The average Bonchev–Trinajstić information content (AvgIpc) is 2.95. The summed E-state index contributed by atoms with van der Waals surface area (Å²) in [5.74, 6) is -0.0191. The maximum atomic E-state index is 12.3. The number of nitrogens with zero attached hydrogens (tertiary/aromatic N) is 5. The Bertz CT molecular complexity index is 505. The Morgan fingerprint density at radius 1 is 1.24 bits per heavy atom. The van der Waals surface area contributed by atoms with Crippen LogP contribution in [0.15, 0.2) is 6.20 Å².